The van der Waals surface area contributed by atoms with Crippen molar-refractivity contribution in [3.63, 3.8) is 0 Å². The van der Waals surface area contributed by atoms with Gasteiger partial charge < -0.3 is 20.4 Å². The molecule has 0 spiro atoms. The van der Waals surface area contributed by atoms with E-state index in [-0.39, 0.29) is 17.8 Å². The second kappa shape index (κ2) is 5.98. The molecule has 1 aliphatic rings. The molecule has 0 aliphatic carbocycles. The summed E-state index contributed by atoms with van der Waals surface area (Å²) in [6.45, 7) is 4.37. The van der Waals surface area contributed by atoms with E-state index in [4.69, 9.17) is 5.11 Å². The van der Waals surface area contributed by atoms with Gasteiger partial charge >= 0.3 is 12.0 Å². The number of rotatable bonds is 3. The first kappa shape index (κ1) is 15.7. The Hall–Kier alpha value is -1.67. The van der Waals surface area contributed by atoms with Crippen molar-refractivity contribution < 1.29 is 19.8 Å². The molecule has 0 saturated carbocycles. The number of aliphatic hydroxyl groups is 1. The Bertz CT molecular complexity index is 543. The molecule has 1 aromatic heterocycles. The van der Waals surface area contributed by atoms with Crippen LogP contribution in [0.5, 0.6) is 0 Å². The SMILES string of the molecule is CC(NC(=O)N1CCCC(C)(O)C1)c1nc(C(=O)O)cs1. The highest BCUT2D eigenvalue weighted by atomic mass is 32.1. The van der Waals surface area contributed by atoms with E-state index >= 15 is 0 Å². The van der Waals surface area contributed by atoms with Gasteiger partial charge in [-0.15, -0.1) is 11.3 Å². The Labute approximate surface area is 126 Å². The number of piperidine rings is 1. The highest BCUT2D eigenvalue weighted by Crippen LogP contribution is 2.22. The number of thiazole rings is 1. The molecular formula is C13H19N3O4S. The van der Waals surface area contributed by atoms with E-state index in [1.165, 1.54) is 16.7 Å². The van der Waals surface area contributed by atoms with Gasteiger partial charge in [-0.3, -0.25) is 0 Å². The molecule has 116 valence electrons. The first-order chi connectivity index (χ1) is 9.78. The number of carbonyl (C=O) groups excluding carboxylic acids is 1. The highest BCUT2D eigenvalue weighted by molar-refractivity contribution is 7.09. The van der Waals surface area contributed by atoms with Crippen LogP contribution < -0.4 is 5.32 Å². The summed E-state index contributed by atoms with van der Waals surface area (Å²) in [6, 6.07) is -0.642. The van der Waals surface area contributed by atoms with E-state index in [0.29, 0.717) is 24.5 Å². The molecule has 7 nitrogen and oxygen atoms in total. The molecule has 2 atom stereocenters. The van der Waals surface area contributed by atoms with Crippen molar-refractivity contribution in [1.29, 1.82) is 0 Å². The molecule has 0 radical (unpaired) electrons. The Morgan fingerprint density at radius 2 is 2.29 bits per heavy atom. The summed E-state index contributed by atoms with van der Waals surface area (Å²) in [5.41, 5.74) is -0.867. The molecule has 21 heavy (non-hydrogen) atoms. The molecule has 2 heterocycles. The zero-order chi connectivity index (χ0) is 15.6. The molecule has 0 aromatic carbocycles. The largest absolute Gasteiger partial charge is 0.476 e. The van der Waals surface area contributed by atoms with E-state index in [9.17, 15) is 14.7 Å². The van der Waals surface area contributed by atoms with E-state index < -0.39 is 11.6 Å². The van der Waals surface area contributed by atoms with E-state index in [2.05, 4.69) is 10.3 Å². The van der Waals surface area contributed by atoms with Gasteiger partial charge in [0.15, 0.2) is 5.69 Å². The fourth-order valence-electron chi connectivity index (χ4n) is 2.32. The van der Waals surface area contributed by atoms with Crippen molar-refractivity contribution in [1.82, 2.24) is 15.2 Å². The number of carboxylic acid groups (broad SMARTS) is 1. The second-order valence-electron chi connectivity index (χ2n) is 5.57. The zero-order valence-electron chi connectivity index (χ0n) is 12.0. The van der Waals surface area contributed by atoms with Gasteiger partial charge in [0.25, 0.3) is 0 Å². The van der Waals surface area contributed by atoms with Crippen molar-refractivity contribution in [2.24, 2.45) is 0 Å². The molecular weight excluding hydrogens is 294 g/mol. The molecule has 1 fully saturated rings. The third kappa shape index (κ3) is 3.92. The van der Waals surface area contributed by atoms with E-state index in [1.807, 2.05) is 0 Å². The predicted octanol–water partition coefficient (Wildman–Crippen LogP) is 1.46. The number of carboxylic acids is 1. The third-order valence-electron chi connectivity index (χ3n) is 3.41. The second-order valence-corrected chi connectivity index (χ2v) is 6.46. The number of aromatic carboxylic acids is 1. The van der Waals surface area contributed by atoms with Crippen LogP contribution in [0, 0.1) is 0 Å². The average Bonchev–Trinajstić information content (AvgIpc) is 2.87. The van der Waals surface area contributed by atoms with Crippen LogP contribution in [0.1, 0.15) is 48.2 Å². The van der Waals surface area contributed by atoms with Crippen molar-refractivity contribution >= 4 is 23.3 Å². The zero-order valence-corrected chi connectivity index (χ0v) is 12.8. The Kier molecular flexibility index (Phi) is 4.48. The summed E-state index contributed by atoms with van der Waals surface area (Å²) in [4.78, 5) is 28.5. The lowest BCUT2D eigenvalue weighted by Gasteiger charge is -2.37. The van der Waals surface area contributed by atoms with Crippen LogP contribution in [0.3, 0.4) is 0 Å². The maximum absolute atomic E-state index is 12.2. The number of hydrogen-bond donors (Lipinski definition) is 3. The smallest absolute Gasteiger partial charge is 0.355 e. The molecule has 2 unspecified atom stereocenters. The number of β-amino-alcohol motifs (C(OH)–C–C–N with tert-alkyl or cyclic N) is 1. The van der Waals surface area contributed by atoms with Crippen molar-refractivity contribution in [3.05, 3.63) is 16.1 Å². The lowest BCUT2D eigenvalue weighted by molar-refractivity contribution is -0.00279. The Morgan fingerprint density at radius 1 is 1.57 bits per heavy atom. The van der Waals surface area contributed by atoms with Crippen LogP contribution in [0.25, 0.3) is 0 Å². The van der Waals surface area contributed by atoms with Gasteiger partial charge in [0.05, 0.1) is 18.2 Å². The molecule has 0 bridgehead atoms. The fraction of sp³-hybridized carbons (Fsp3) is 0.615. The van der Waals surface area contributed by atoms with Gasteiger partial charge in [0.2, 0.25) is 0 Å². The van der Waals surface area contributed by atoms with Gasteiger partial charge in [-0.05, 0) is 26.7 Å². The molecule has 2 rings (SSSR count). The predicted molar refractivity (Wildman–Crippen MR) is 77.5 cm³/mol. The van der Waals surface area contributed by atoms with Gasteiger partial charge in [-0.25, -0.2) is 14.6 Å². The number of hydrogen-bond acceptors (Lipinski definition) is 5. The minimum atomic E-state index is -1.08. The Balaban J connectivity index is 1.96. The number of amides is 2. The summed E-state index contributed by atoms with van der Waals surface area (Å²) in [7, 11) is 0. The van der Waals surface area contributed by atoms with Gasteiger partial charge in [0, 0.05) is 11.9 Å². The van der Waals surface area contributed by atoms with Gasteiger partial charge in [-0.1, -0.05) is 0 Å². The number of urea groups is 1. The first-order valence-electron chi connectivity index (χ1n) is 6.75. The van der Waals surface area contributed by atoms with Crippen LogP contribution in [0.4, 0.5) is 4.79 Å². The van der Waals surface area contributed by atoms with Crippen LogP contribution in [0.2, 0.25) is 0 Å². The lowest BCUT2D eigenvalue weighted by Crippen LogP contribution is -2.52. The van der Waals surface area contributed by atoms with E-state index in [1.54, 1.807) is 18.7 Å². The summed E-state index contributed by atoms with van der Waals surface area (Å²) in [5, 5.41) is 23.6. The van der Waals surface area contributed by atoms with Crippen LogP contribution in [-0.4, -0.2) is 50.8 Å². The van der Waals surface area contributed by atoms with Gasteiger partial charge in [-0.2, -0.15) is 0 Å². The third-order valence-corrected chi connectivity index (χ3v) is 4.44. The standard InChI is InChI=1S/C13H19N3O4S/c1-8(10-15-9(6-21-10)11(17)18)14-12(19)16-5-3-4-13(2,20)7-16/h6,8,20H,3-5,7H2,1-2H3,(H,14,19)(H,17,18). The summed E-state index contributed by atoms with van der Waals surface area (Å²) < 4.78 is 0. The lowest BCUT2D eigenvalue weighted by atomic mass is 9.95. The minimum Gasteiger partial charge on any atom is -0.476 e. The summed E-state index contributed by atoms with van der Waals surface area (Å²) in [5.74, 6) is -1.08. The molecule has 3 N–H and O–H groups in total. The van der Waals surface area contributed by atoms with Crippen molar-refractivity contribution in [3.8, 4) is 0 Å². The topological polar surface area (TPSA) is 103 Å². The number of nitrogens with zero attached hydrogens (tertiary/aromatic N) is 2. The maximum atomic E-state index is 12.2. The minimum absolute atomic E-state index is 0.0167. The van der Waals surface area contributed by atoms with Crippen molar-refractivity contribution in [2.45, 2.75) is 38.3 Å². The van der Waals surface area contributed by atoms with Crippen LogP contribution in [-0.2, 0) is 0 Å². The molecule has 1 saturated heterocycles. The van der Waals surface area contributed by atoms with Crippen LogP contribution >= 0.6 is 11.3 Å². The average molecular weight is 313 g/mol. The number of likely N-dealkylation sites (tertiary alicyclic amines) is 1. The maximum Gasteiger partial charge on any atom is 0.355 e. The molecule has 1 aromatic rings. The quantitative estimate of drug-likeness (QED) is 0.784. The fourth-order valence-corrected chi connectivity index (χ4v) is 3.12. The highest BCUT2D eigenvalue weighted by Gasteiger charge is 2.31. The van der Waals surface area contributed by atoms with Crippen LogP contribution in [0.15, 0.2) is 5.38 Å². The molecule has 8 heteroatoms. The molecule has 2 amide bonds. The van der Waals surface area contributed by atoms with E-state index in [0.717, 1.165) is 6.42 Å². The normalized spacial score (nSPS) is 23.7. The summed E-state index contributed by atoms with van der Waals surface area (Å²) in [6.07, 6.45) is 1.44. The first-order valence-corrected chi connectivity index (χ1v) is 7.63. The number of aromatic nitrogens is 1. The monoisotopic (exact) mass is 313 g/mol. The van der Waals surface area contributed by atoms with Gasteiger partial charge in [0.1, 0.15) is 5.01 Å². The molecule has 1 aliphatic heterocycles. The number of nitrogens with one attached hydrogen (secondary N) is 1. The Morgan fingerprint density at radius 3 is 2.86 bits per heavy atom. The summed E-state index contributed by atoms with van der Waals surface area (Å²) >= 11 is 1.20. The number of carbonyl (C=O) groups is 2. The van der Waals surface area contributed by atoms with Crippen molar-refractivity contribution in [2.75, 3.05) is 13.1 Å².